The quantitative estimate of drug-likeness (QED) is 0.187. The summed E-state index contributed by atoms with van der Waals surface area (Å²) in [6, 6.07) is 53.0. The van der Waals surface area contributed by atoms with E-state index in [1.165, 1.54) is 41.5 Å². The average Bonchev–Trinajstić information content (AvgIpc) is 3.45. The minimum Gasteiger partial charge on any atom is -0.208 e. The van der Waals surface area contributed by atoms with E-state index in [9.17, 15) is 5.26 Å². The Hall–Kier alpha value is -6.18. The maximum Gasteiger partial charge on any atom is 0.164 e. The lowest BCUT2D eigenvalue weighted by molar-refractivity contribution is 0.353. The van der Waals surface area contributed by atoms with Gasteiger partial charge in [-0.15, -0.1) is 0 Å². The van der Waals surface area contributed by atoms with Crippen molar-refractivity contribution in [2.24, 2.45) is 0 Å². The monoisotopic (exact) mass is 642 g/mol. The van der Waals surface area contributed by atoms with Crippen LogP contribution < -0.4 is 0 Å². The lowest BCUT2D eigenvalue weighted by atomic mass is 9.67. The van der Waals surface area contributed by atoms with Gasteiger partial charge in [0.25, 0.3) is 0 Å². The second-order valence-corrected chi connectivity index (χ2v) is 13.4. The summed E-state index contributed by atoms with van der Waals surface area (Å²) in [5, 5.41) is 9.80. The number of nitriles is 1. The molecule has 4 nitrogen and oxygen atoms in total. The Morgan fingerprint density at radius 3 is 1.54 bits per heavy atom. The second-order valence-electron chi connectivity index (χ2n) is 13.4. The standard InChI is InChI=1S/C46H34N4/c47-30-31-22-24-37-38-25-23-34(29-42(38)46(41(37)28-31)26-12-3-13-27-46)36-19-9-11-21-40(36)45-49-43(33-16-6-2-7-17-33)48-44(50-45)39-20-10-8-18-35(39)32-14-4-1-5-15-32/h1-2,4-11,14-25,28-29H,3,12-13,26-27H2. The summed E-state index contributed by atoms with van der Waals surface area (Å²) in [6.07, 6.45) is 5.84. The molecule has 7 aromatic rings. The van der Waals surface area contributed by atoms with Crippen LogP contribution in [0.25, 0.3) is 67.5 Å². The van der Waals surface area contributed by atoms with E-state index in [0.717, 1.165) is 57.3 Å². The highest BCUT2D eigenvalue weighted by atomic mass is 15.0. The first kappa shape index (κ1) is 29.9. The van der Waals surface area contributed by atoms with Crippen LogP contribution in [-0.2, 0) is 5.41 Å². The highest BCUT2D eigenvalue weighted by Gasteiger charge is 2.44. The highest BCUT2D eigenvalue weighted by molar-refractivity contribution is 5.88. The number of aromatic nitrogens is 3. The molecule has 4 heteroatoms. The molecule has 0 bridgehead atoms. The van der Waals surface area contributed by atoms with Crippen LogP contribution in [0.2, 0.25) is 0 Å². The van der Waals surface area contributed by atoms with Gasteiger partial charge in [0.1, 0.15) is 0 Å². The molecule has 1 heterocycles. The van der Waals surface area contributed by atoms with Crippen LogP contribution >= 0.6 is 0 Å². The van der Waals surface area contributed by atoms with E-state index in [0.29, 0.717) is 17.5 Å². The SMILES string of the molecule is N#Cc1ccc2c(c1)C1(CCCCC1)c1cc(-c3ccccc3-c3nc(-c4ccccc4)nc(-c4ccccc4-c4ccccc4)n3)ccc1-2. The van der Waals surface area contributed by atoms with Crippen LogP contribution in [0.4, 0.5) is 0 Å². The third-order valence-corrected chi connectivity index (χ3v) is 10.6. The molecule has 0 unspecified atom stereocenters. The van der Waals surface area contributed by atoms with E-state index in [-0.39, 0.29) is 5.41 Å². The summed E-state index contributed by atoms with van der Waals surface area (Å²) in [4.78, 5) is 15.5. The zero-order chi connectivity index (χ0) is 33.5. The molecule has 2 aliphatic rings. The number of fused-ring (bicyclic) bond motifs is 5. The predicted molar refractivity (Wildman–Crippen MR) is 201 cm³/mol. The molecular weight excluding hydrogens is 609 g/mol. The Balaban J connectivity index is 1.22. The maximum absolute atomic E-state index is 9.80. The van der Waals surface area contributed by atoms with Crippen molar-refractivity contribution in [2.75, 3.05) is 0 Å². The molecule has 0 saturated heterocycles. The molecule has 238 valence electrons. The van der Waals surface area contributed by atoms with E-state index in [4.69, 9.17) is 15.0 Å². The summed E-state index contributed by atoms with van der Waals surface area (Å²) < 4.78 is 0. The second kappa shape index (κ2) is 12.4. The Labute approximate surface area is 292 Å². The van der Waals surface area contributed by atoms with Gasteiger partial charge < -0.3 is 0 Å². The van der Waals surface area contributed by atoms with Gasteiger partial charge in [0, 0.05) is 22.1 Å². The van der Waals surface area contributed by atoms with Gasteiger partial charge in [-0.3, -0.25) is 0 Å². The average molecular weight is 643 g/mol. The predicted octanol–water partition coefficient (Wildman–Crippen LogP) is 11.3. The molecule has 1 fully saturated rings. The molecule has 1 saturated carbocycles. The fraction of sp³-hybridized carbons (Fsp3) is 0.130. The van der Waals surface area contributed by atoms with E-state index in [1.807, 2.05) is 36.4 Å². The van der Waals surface area contributed by atoms with Crippen LogP contribution in [0.3, 0.4) is 0 Å². The van der Waals surface area contributed by atoms with E-state index in [1.54, 1.807) is 0 Å². The van der Waals surface area contributed by atoms with Crippen LogP contribution in [0.1, 0.15) is 48.8 Å². The molecule has 6 aromatic carbocycles. The van der Waals surface area contributed by atoms with Crippen LogP contribution in [-0.4, -0.2) is 15.0 Å². The van der Waals surface area contributed by atoms with E-state index < -0.39 is 0 Å². The smallest absolute Gasteiger partial charge is 0.164 e. The zero-order valence-corrected chi connectivity index (χ0v) is 27.7. The third-order valence-electron chi connectivity index (χ3n) is 10.6. The van der Waals surface area contributed by atoms with Crippen molar-refractivity contribution in [1.29, 1.82) is 5.26 Å². The fourth-order valence-electron chi connectivity index (χ4n) is 8.24. The van der Waals surface area contributed by atoms with Gasteiger partial charge in [-0.1, -0.05) is 147 Å². The van der Waals surface area contributed by atoms with Gasteiger partial charge in [0.2, 0.25) is 0 Å². The van der Waals surface area contributed by atoms with Gasteiger partial charge in [-0.05, 0) is 75.5 Å². The minimum atomic E-state index is -0.0668. The molecule has 50 heavy (non-hydrogen) atoms. The molecule has 0 atom stereocenters. The number of nitrogens with zero attached hydrogens (tertiary/aromatic N) is 4. The molecule has 2 aliphatic carbocycles. The number of rotatable bonds is 5. The van der Waals surface area contributed by atoms with Crippen LogP contribution in [0, 0.1) is 11.3 Å². The number of hydrogen-bond acceptors (Lipinski definition) is 4. The lowest BCUT2D eigenvalue weighted by Gasteiger charge is -2.36. The molecule has 9 rings (SSSR count). The largest absolute Gasteiger partial charge is 0.208 e. The van der Waals surface area contributed by atoms with Gasteiger partial charge in [0.15, 0.2) is 17.5 Å². The summed E-state index contributed by atoms with van der Waals surface area (Å²) in [6.45, 7) is 0. The molecule has 1 spiro atoms. The van der Waals surface area contributed by atoms with Gasteiger partial charge in [-0.25, -0.2) is 15.0 Å². The van der Waals surface area contributed by atoms with E-state index in [2.05, 4.69) is 115 Å². The fourth-order valence-corrected chi connectivity index (χ4v) is 8.24. The van der Waals surface area contributed by atoms with Crippen molar-refractivity contribution < 1.29 is 0 Å². The van der Waals surface area contributed by atoms with Crippen molar-refractivity contribution >= 4 is 0 Å². The summed E-state index contributed by atoms with van der Waals surface area (Å²) in [7, 11) is 0. The Bertz CT molecular complexity index is 2420. The van der Waals surface area contributed by atoms with Gasteiger partial charge >= 0.3 is 0 Å². The first-order valence-corrected chi connectivity index (χ1v) is 17.5. The molecule has 0 aliphatic heterocycles. The number of benzene rings is 6. The van der Waals surface area contributed by atoms with Crippen molar-refractivity contribution in [3.05, 3.63) is 162 Å². The Morgan fingerprint density at radius 2 is 0.920 bits per heavy atom. The van der Waals surface area contributed by atoms with Crippen LogP contribution in [0.15, 0.2) is 146 Å². The molecule has 0 radical (unpaired) electrons. The molecular formula is C46H34N4. The maximum atomic E-state index is 9.80. The highest BCUT2D eigenvalue weighted by Crippen LogP contribution is 2.56. The normalized spacial score (nSPS) is 14.1. The molecule has 0 N–H and O–H groups in total. The topological polar surface area (TPSA) is 62.5 Å². The summed E-state index contributed by atoms with van der Waals surface area (Å²) in [5.41, 5.74) is 13.2. The Kier molecular flexibility index (Phi) is 7.40. The summed E-state index contributed by atoms with van der Waals surface area (Å²) in [5.74, 6) is 1.92. The first-order chi connectivity index (χ1) is 24.7. The Morgan fingerprint density at radius 1 is 0.420 bits per heavy atom. The number of hydrogen-bond donors (Lipinski definition) is 0. The lowest BCUT2D eigenvalue weighted by Crippen LogP contribution is -2.28. The van der Waals surface area contributed by atoms with Crippen molar-refractivity contribution in [3.63, 3.8) is 0 Å². The molecule has 1 aromatic heterocycles. The van der Waals surface area contributed by atoms with Gasteiger partial charge in [-0.2, -0.15) is 5.26 Å². The van der Waals surface area contributed by atoms with Gasteiger partial charge in [0.05, 0.1) is 11.6 Å². The molecule has 0 amide bonds. The summed E-state index contributed by atoms with van der Waals surface area (Å²) >= 11 is 0. The zero-order valence-electron chi connectivity index (χ0n) is 27.7. The van der Waals surface area contributed by atoms with Crippen molar-refractivity contribution in [2.45, 2.75) is 37.5 Å². The van der Waals surface area contributed by atoms with Crippen molar-refractivity contribution in [3.8, 4) is 73.6 Å². The first-order valence-electron chi connectivity index (χ1n) is 17.5. The van der Waals surface area contributed by atoms with E-state index >= 15 is 0 Å². The third kappa shape index (κ3) is 5.02. The minimum absolute atomic E-state index is 0.0668. The van der Waals surface area contributed by atoms with Crippen molar-refractivity contribution in [1.82, 2.24) is 15.0 Å². The van der Waals surface area contributed by atoms with Crippen LogP contribution in [0.5, 0.6) is 0 Å².